The number of aliphatic hydroxyl groups is 1. The summed E-state index contributed by atoms with van der Waals surface area (Å²) < 4.78 is 5.85. The Kier molecular flexibility index (Phi) is 4.38. The number of piperidine rings is 1. The third kappa shape index (κ3) is 2.62. The molecule has 0 bridgehead atoms. The van der Waals surface area contributed by atoms with Crippen LogP contribution in [-0.4, -0.2) is 54.5 Å². The van der Waals surface area contributed by atoms with Gasteiger partial charge < -0.3 is 20.1 Å². The van der Waals surface area contributed by atoms with Crippen LogP contribution in [0.2, 0.25) is 0 Å². The molecule has 1 heterocycles. The van der Waals surface area contributed by atoms with Crippen LogP contribution in [0, 0.1) is 10.8 Å². The molecule has 1 aliphatic heterocycles. The van der Waals surface area contributed by atoms with Gasteiger partial charge in [-0.1, -0.05) is 13.3 Å². The number of likely N-dealkylation sites (tertiary alicyclic amines) is 1. The second-order valence-electron chi connectivity index (χ2n) is 7.76. The first kappa shape index (κ1) is 16.1. The Morgan fingerprint density at radius 2 is 2.14 bits per heavy atom. The van der Waals surface area contributed by atoms with E-state index in [-0.39, 0.29) is 29.5 Å². The molecule has 1 saturated heterocycles. The maximum absolute atomic E-state index is 12.6. The van der Waals surface area contributed by atoms with Crippen molar-refractivity contribution >= 4 is 6.03 Å². The quantitative estimate of drug-likeness (QED) is 0.836. The van der Waals surface area contributed by atoms with E-state index in [1.165, 1.54) is 19.3 Å². The van der Waals surface area contributed by atoms with Gasteiger partial charge in [-0.05, 0) is 39.0 Å². The summed E-state index contributed by atoms with van der Waals surface area (Å²) in [6.07, 6.45) is 6.86. The molecule has 0 aromatic carbocycles. The van der Waals surface area contributed by atoms with Gasteiger partial charge in [-0.15, -0.1) is 0 Å². The van der Waals surface area contributed by atoms with Crippen molar-refractivity contribution in [2.24, 2.45) is 10.8 Å². The summed E-state index contributed by atoms with van der Waals surface area (Å²) in [6, 6.07) is 0.318. The van der Waals surface area contributed by atoms with E-state index in [1.54, 1.807) is 0 Å². The van der Waals surface area contributed by atoms with Crippen LogP contribution in [-0.2, 0) is 4.74 Å². The lowest BCUT2D eigenvalue weighted by Crippen LogP contribution is -2.69. The van der Waals surface area contributed by atoms with Crippen LogP contribution in [0.25, 0.3) is 0 Å². The van der Waals surface area contributed by atoms with Crippen LogP contribution in [0.3, 0.4) is 0 Å². The molecule has 2 amide bonds. The third-order valence-corrected chi connectivity index (χ3v) is 6.18. The van der Waals surface area contributed by atoms with Crippen molar-refractivity contribution in [3.05, 3.63) is 0 Å². The highest BCUT2D eigenvalue weighted by Crippen LogP contribution is 2.57. The smallest absolute Gasteiger partial charge is 0.317 e. The summed E-state index contributed by atoms with van der Waals surface area (Å²) in [5, 5.41) is 12.8. The summed E-state index contributed by atoms with van der Waals surface area (Å²) in [5.74, 6) is 0. The van der Waals surface area contributed by atoms with Gasteiger partial charge in [-0.2, -0.15) is 0 Å². The van der Waals surface area contributed by atoms with E-state index in [4.69, 9.17) is 4.74 Å². The van der Waals surface area contributed by atoms with Crippen molar-refractivity contribution in [1.29, 1.82) is 0 Å². The van der Waals surface area contributed by atoms with Crippen LogP contribution >= 0.6 is 0 Å². The zero-order valence-electron chi connectivity index (χ0n) is 13.9. The van der Waals surface area contributed by atoms with E-state index in [0.29, 0.717) is 12.6 Å². The van der Waals surface area contributed by atoms with Crippen LogP contribution in [0.5, 0.6) is 0 Å². The van der Waals surface area contributed by atoms with E-state index in [9.17, 15) is 9.90 Å². The lowest BCUT2D eigenvalue weighted by atomic mass is 9.51. The van der Waals surface area contributed by atoms with E-state index in [2.05, 4.69) is 12.2 Å². The molecule has 2 N–H and O–H groups in total. The maximum Gasteiger partial charge on any atom is 0.317 e. The number of rotatable bonds is 4. The summed E-state index contributed by atoms with van der Waals surface area (Å²) in [5.41, 5.74) is 0.0684. The predicted octanol–water partition coefficient (Wildman–Crippen LogP) is 2.14. The number of carbonyl (C=O) groups excluding carboxylic acids is 1. The lowest BCUT2D eigenvalue weighted by Gasteiger charge is -2.61. The Labute approximate surface area is 133 Å². The van der Waals surface area contributed by atoms with Crippen LogP contribution in [0.4, 0.5) is 4.79 Å². The fourth-order valence-corrected chi connectivity index (χ4v) is 4.50. The zero-order chi connectivity index (χ0) is 15.8. The molecule has 3 fully saturated rings. The van der Waals surface area contributed by atoms with Crippen LogP contribution < -0.4 is 5.32 Å². The number of nitrogens with one attached hydrogen (secondary N) is 1. The van der Waals surface area contributed by atoms with E-state index in [0.717, 1.165) is 32.4 Å². The number of hydrogen-bond donors (Lipinski definition) is 2. The molecule has 3 atom stereocenters. The number of ether oxygens (including phenoxy) is 1. The van der Waals surface area contributed by atoms with Gasteiger partial charge >= 0.3 is 6.03 Å². The van der Waals surface area contributed by atoms with Crippen molar-refractivity contribution in [2.75, 3.05) is 26.3 Å². The molecule has 0 aromatic rings. The maximum atomic E-state index is 12.6. The molecular weight excluding hydrogens is 280 g/mol. The predicted molar refractivity (Wildman–Crippen MR) is 84.6 cm³/mol. The lowest BCUT2D eigenvalue weighted by molar-refractivity contribution is -0.170. The Bertz CT molecular complexity index is 424. The van der Waals surface area contributed by atoms with Crippen molar-refractivity contribution in [2.45, 2.75) is 64.5 Å². The number of nitrogens with zero attached hydrogens (tertiary/aromatic N) is 1. The highest BCUT2D eigenvalue weighted by Gasteiger charge is 2.59. The van der Waals surface area contributed by atoms with Crippen molar-refractivity contribution in [3.8, 4) is 0 Å². The van der Waals surface area contributed by atoms with Crippen molar-refractivity contribution in [3.63, 3.8) is 0 Å². The third-order valence-electron chi connectivity index (χ3n) is 6.18. The second-order valence-corrected chi connectivity index (χ2v) is 7.76. The molecule has 0 unspecified atom stereocenters. The number of aliphatic hydroxyl groups excluding tert-OH is 1. The monoisotopic (exact) mass is 310 g/mol. The summed E-state index contributed by atoms with van der Waals surface area (Å²) in [6.45, 7) is 6.47. The highest BCUT2D eigenvalue weighted by molar-refractivity contribution is 5.75. The molecule has 3 aliphatic rings. The standard InChI is InChI=1S/C17H30N2O3/c1-3-22-14-10-13(17(14)7-4-8-17)18-15(21)19-9-5-6-16(2,11-19)12-20/h13-14,20H,3-12H2,1-2H3,(H,18,21)/t13-,14-,16-/m1/s1. The van der Waals surface area contributed by atoms with Gasteiger partial charge in [0.1, 0.15) is 0 Å². The normalized spacial score (nSPS) is 36.6. The molecule has 5 nitrogen and oxygen atoms in total. The minimum absolute atomic E-state index is 0.0469. The molecule has 22 heavy (non-hydrogen) atoms. The Morgan fingerprint density at radius 3 is 2.73 bits per heavy atom. The second kappa shape index (κ2) is 6.00. The number of urea groups is 1. The van der Waals surface area contributed by atoms with Gasteiger partial charge in [-0.25, -0.2) is 4.79 Å². The van der Waals surface area contributed by atoms with E-state index >= 15 is 0 Å². The summed E-state index contributed by atoms with van der Waals surface area (Å²) >= 11 is 0. The van der Waals surface area contributed by atoms with Gasteiger partial charge in [0.05, 0.1) is 12.7 Å². The Balaban J connectivity index is 1.56. The van der Waals surface area contributed by atoms with Gasteiger partial charge in [0.2, 0.25) is 0 Å². The molecule has 2 saturated carbocycles. The molecule has 5 heteroatoms. The van der Waals surface area contributed by atoms with E-state index in [1.807, 2.05) is 11.8 Å². The largest absolute Gasteiger partial charge is 0.396 e. The number of carbonyl (C=O) groups is 1. The van der Waals surface area contributed by atoms with Crippen LogP contribution in [0.1, 0.15) is 52.4 Å². The summed E-state index contributed by atoms with van der Waals surface area (Å²) in [4.78, 5) is 14.5. The fraction of sp³-hybridized carbons (Fsp3) is 0.941. The van der Waals surface area contributed by atoms with Gasteiger partial charge in [0, 0.05) is 36.6 Å². The first-order valence-electron chi connectivity index (χ1n) is 8.81. The minimum atomic E-state index is -0.142. The van der Waals surface area contributed by atoms with Crippen LogP contribution in [0.15, 0.2) is 0 Å². The van der Waals surface area contributed by atoms with Crippen molar-refractivity contribution in [1.82, 2.24) is 10.2 Å². The van der Waals surface area contributed by atoms with E-state index < -0.39 is 0 Å². The number of amides is 2. The van der Waals surface area contributed by atoms with Gasteiger partial charge in [0.15, 0.2) is 0 Å². The molecule has 3 rings (SSSR count). The average molecular weight is 310 g/mol. The minimum Gasteiger partial charge on any atom is -0.396 e. The molecule has 1 spiro atoms. The SMILES string of the molecule is CCO[C@@H]1C[C@@H](NC(=O)N2CCC[C@@](C)(CO)C2)C12CCC2. The first-order valence-corrected chi connectivity index (χ1v) is 8.81. The topological polar surface area (TPSA) is 61.8 Å². The molecule has 2 aliphatic carbocycles. The fourth-order valence-electron chi connectivity index (χ4n) is 4.50. The molecule has 0 aromatic heterocycles. The average Bonchev–Trinajstić information content (AvgIpc) is 2.44. The van der Waals surface area contributed by atoms with Crippen molar-refractivity contribution < 1.29 is 14.6 Å². The molecule has 0 radical (unpaired) electrons. The zero-order valence-corrected chi connectivity index (χ0v) is 13.9. The van der Waals surface area contributed by atoms with Gasteiger partial charge in [0.25, 0.3) is 0 Å². The first-order chi connectivity index (χ1) is 10.5. The van der Waals surface area contributed by atoms with Gasteiger partial charge in [-0.3, -0.25) is 0 Å². The summed E-state index contributed by atoms with van der Waals surface area (Å²) in [7, 11) is 0. The molecule has 126 valence electrons. The Hall–Kier alpha value is -0.810. The Morgan fingerprint density at radius 1 is 1.36 bits per heavy atom. The molecular formula is C17H30N2O3. The number of hydrogen-bond acceptors (Lipinski definition) is 3. The highest BCUT2D eigenvalue weighted by atomic mass is 16.5.